The van der Waals surface area contributed by atoms with Gasteiger partial charge in [0.05, 0.1) is 0 Å². The zero-order valence-electron chi connectivity index (χ0n) is 18.8. The molecule has 1 N–H and O–H groups in total. The molecule has 0 bridgehead atoms. The Kier molecular flexibility index (Phi) is 7.09. The second-order valence-corrected chi connectivity index (χ2v) is 7.60. The van der Waals surface area contributed by atoms with Crippen LogP contribution in [0.15, 0.2) is 65.3 Å². The number of rotatable bonds is 7. The molecule has 3 rings (SSSR count). The first kappa shape index (κ1) is 23.5. The van der Waals surface area contributed by atoms with Gasteiger partial charge < -0.3 is 10.0 Å². The lowest BCUT2D eigenvalue weighted by atomic mass is 9.95. The van der Waals surface area contributed by atoms with Crippen molar-refractivity contribution in [1.82, 2.24) is 4.90 Å². The van der Waals surface area contributed by atoms with Crippen LogP contribution < -0.4 is 4.90 Å². The first-order chi connectivity index (χ1) is 15.8. The van der Waals surface area contributed by atoms with Crippen LogP contribution in [0.5, 0.6) is 0 Å². The Hall–Kier alpha value is -4.18. The maximum atomic E-state index is 12.7. The molecular formula is C26H25N3O4. The van der Waals surface area contributed by atoms with E-state index in [-0.39, 0.29) is 16.7 Å². The van der Waals surface area contributed by atoms with Crippen molar-refractivity contribution in [1.29, 1.82) is 5.26 Å². The van der Waals surface area contributed by atoms with Crippen molar-refractivity contribution in [2.45, 2.75) is 20.8 Å². The maximum Gasteiger partial charge on any atom is 0.323 e. The molecule has 2 aromatic rings. The summed E-state index contributed by atoms with van der Waals surface area (Å²) in [6, 6.07) is 14.1. The number of carboxylic acids is 1. The minimum atomic E-state index is -1.33. The van der Waals surface area contributed by atoms with E-state index in [4.69, 9.17) is 5.11 Å². The Balaban J connectivity index is 1.91. The predicted molar refractivity (Wildman–Crippen MR) is 127 cm³/mol. The Morgan fingerprint density at radius 2 is 1.76 bits per heavy atom. The highest BCUT2D eigenvalue weighted by molar-refractivity contribution is 6.19. The number of carbonyl (C=O) groups is 3. The van der Waals surface area contributed by atoms with Crippen LogP contribution in [0.4, 0.5) is 5.69 Å². The fraction of sp³-hybridized carbons (Fsp3) is 0.231. The predicted octanol–water partition coefficient (Wildman–Crippen LogP) is 3.92. The van der Waals surface area contributed by atoms with Crippen LogP contribution >= 0.6 is 0 Å². The first-order valence-electron chi connectivity index (χ1n) is 10.7. The summed E-state index contributed by atoms with van der Waals surface area (Å²) in [7, 11) is 0. The van der Waals surface area contributed by atoms with Gasteiger partial charge in [0, 0.05) is 24.4 Å². The van der Waals surface area contributed by atoms with Crippen LogP contribution in [0.3, 0.4) is 0 Å². The second kappa shape index (κ2) is 9.96. The topological polar surface area (TPSA) is 102 Å². The number of hydrogen-bond donors (Lipinski definition) is 1. The van der Waals surface area contributed by atoms with Gasteiger partial charge in [-0.2, -0.15) is 5.26 Å². The summed E-state index contributed by atoms with van der Waals surface area (Å²) >= 11 is 0. The first-order valence-corrected chi connectivity index (χ1v) is 10.7. The number of fused-ring (bicyclic) bond motifs is 1. The smallest absolute Gasteiger partial charge is 0.323 e. The third-order valence-electron chi connectivity index (χ3n) is 5.65. The Bertz CT molecular complexity index is 1260. The number of anilines is 1. The van der Waals surface area contributed by atoms with E-state index in [9.17, 15) is 19.6 Å². The van der Waals surface area contributed by atoms with Gasteiger partial charge in [-0.05, 0) is 67.0 Å². The van der Waals surface area contributed by atoms with Gasteiger partial charge in [0.25, 0.3) is 11.8 Å². The third kappa shape index (κ3) is 4.85. The molecule has 1 heterocycles. The fourth-order valence-electron chi connectivity index (χ4n) is 3.83. The largest absolute Gasteiger partial charge is 0.480 e. The normalized spacial score (nSPS) is 15.6. The standard InChI is InChI=1S/C26H25N3O4/c1-4-28(5-2)21-12-11-19-13-18(9-10-20(19)14-21)7-6-8-22-17(3)23(15-27)26(33)29(25(22)32)16-24(30)31/h6-14H,4-5,16H2,1-3H3,(H,30,31)/b7-6+,22-8-. The number of imide groups is 1. The highest BCUT2D eigenvalue weighted by Gasteiger charge is 2.36. The molecule has 0 aromatic heterocycles. The second-order valence-electron chi connectivity index (χ2n) is 7.60. The van der Waals surface area contributed by atoms with E-state index in [1.54, 1.807) is 12.1 Å². The van der Waals surface area contributed by atoms with Crippen LogP contribution in [0.1, 0.15) is 26.3 Å². The molecule has 7 nitrogen and oxygen atoms in total. The Morgan fingerprint density at radius 3 is 2.39 bits per heavy atom. The van der Waals surface area contributed by atoms with E-state index in [2.05, 4.69) is 36.9 Å². The van der Waals surface area contributed by atoms with Crippen LogP contribution in [0.2, 0.25) is 0 Å². The van der Waals surface area contributed by atoms with Crippen molar-refractivity contribution in [3.8, 4) is 6.07 Å². The number of nitriles is 1. The molecule has 0 spiro atoms. The van der Waals surface area contributed by atoms with E-state index in [0.717, 1.165) is 29.4 Å². The Morgan fingerprint density at radius 1 is 1.09 bits per heavy atom. The molecule has 2 amide bonds. The van der Waals surface area contributed by atoms with Crippen molar-refractivity contribution in [3.63, 3.8) is 0 Å². The minimum absolute atomic E-state index is 0.119. The maximum absolute atomic E-state index is 12.7. The van der Waals surface area contributed by atoms with E-state index in [0.29, 0.717) is 4.90 Å². The molecule has 2 aromatic carbocycles. The number of carbonyl (C=O) groups excluding carboxylic acids is 2. The average molecular weight is 444 g/mol. The van der Waals surface area contributed by atoms with Gasteiger partial charge in [-0.3, -0.25) is 19.3 Å². The summed E-state index contributed by atoms with van der Waals surface area (Å²) in [5.74, 6) is -2.95. The zero-order valence-corrected chi connectivity index (χ0v) is 18.8. The molecule has 33 heavy (non-hydrogen) atoms. The summed E-state index contributed by atoms with van der Waals surface area (Å²) in [6.07, 6.45) is 4.98. The molecule has 7 heteroatoms. The molecule has 1 aliphatic heterocycles. The highest BCUT2D eigenvalue weighted by atomic mass is 16.4. The number of carboxylic acid groups (broad SMARTS) is 1. The number of allylic oxidation sites excluding steroid dienone is 2. The number of benzene rings is 2. The van der Waals surface area contributed by atoms with Gasteiger partial charge in [0.2, 0.25) is 0 Å². The van der Waals surface area contributed by atoms with E-state index in [1.165, 1.54) is 18.7 Å². The summed E-state index contributed by atoms with van der Waals surface area (Å²) < 4.78 is 0. The summed E-state index contributed by atoms with van der Waals surface area (Å²) in [5, 5.41) is 20.5. The molecule has 0 unspecified atom stereocenters. The third-order valence-corrected chi connectivity index (χ3v) is 5.65. The van der Waals surface area contributed by atoms with Gasteiger partial charge in [-0.1, -0.05) is 30.4 Å². The molecule has 1 aliphatic rings. The van der Waals surface area contributed by atoms with Crippen molar-refractivity contribution in [3.05, 3.63) is 70.8 Å². The molecule has 0 saturated heterocycles. The van der Waals surface area contributed by atoms with E-state index >= 15 is 0 Å². The van der Waals surface area contributed by atoms with Gasteiger partial charge in [-0.15, -0.1) is 0 Å². The van der Waals surface area contributed by atoms with Crippen LogP contribution in [0, 0.1) is 11.3 Å². The van der Waals surface area contributed by atoms with E-state index < -0.39 is 24.3 Å². The number of hydrogen-bond acceptors (Lipinski definition) is 5. The van der Waals surface area contributed by atoms with Gasteiger partial charge in [-0.25, -0.2) is 0 Å². The molecule has 0 aliphatic carbocycles. The monoisotopic (exact) mass is 443 g/mol. The van der Waals surface area contributed by atoms with Crippen molar-refractivity contribution in [2.75, 3.05) is 24.5 Å². The zero-order chi connectivity index (χ0) is 24.1. The van der Waals surface area contributed by atoms with Gasteiger partial charge >= 0.3 is 5.97 Å². The quantitative estimate of drug-likeness (QED) is 0.514. The molecule has 168 valence electrons. The lowest BCUT2D eigenvalue weighted by Gasteiger charge is -2.25. The van der Waals surface area contributed by atoms with Crippen molar-refractivity contribution < 1.29 is 19.5 Å². The molecular weight excluding hydrogens is 418 g/mol. The SMILES string of the molecule is CCN(CC)c1ccc2cc(/C=C/C=C3\C(=O)N(CC(=O)O)C(=O)C(C#N)=C3C)ccc2c1. The molecule has 0 fully saturated rings. The van der Waals surface area contributed by atoms with Crippen LogP contribution in [-0.4, -0.2) is 47.4 Å². The fourth-order valence-corrected chi connectivity index (χ4v) is 3.83. The van der Waals surface area contributed by atoms with Crippen LogP contribution in [0.25, 0.3) is 16.8 Å². The lowest BCUT2D eigenvalue weighted by molar-refractivity contribution is -0.149. The summed E-state index contributed by atoms with van der Waals surface area (Å²) in [4.78, 5) is 38.9. The lowest BCUT2D eigenvalue weighted by Crippen LogP contribution is -2.45. The summed E-state index contributed by atoms with van der Waals surface area (Å²) in [6.45, 7) is 6.84. The molecule has 0 saturated carbocycles. The number of amides is 2. The van der Waals surface area contributed by atoms with Crippen molar-refractivity contribution in [2.24, 2.45) is 0 Å². The van der Waals surface area contributed by atoms with Gasteiger partial charge in [0.15, 0.2) is 0 Å². The number of aliphatic carboxylic acids is 1. The minimum Gasteiger partial charge on any atom is -0.480 e. The molecule has 0 radical (unpaired) electrons. The Labute approximate surface area is 192 Å². The highest BCUT2D eigenvalue weighted by Crippen LogP contribution is 2.26. The van der Waals surface area contributed by atoms with Crippen LogP contribution in [-0.2, 0) is 14.4 Å². The average Bonchev–Trinajstić information content (AvgIpc) is 2.80. The summed E-state index contributed by atoms with van der Waals surface area (Å²) in [5.41, 5.74) is 2.21. The number of nitrogens with zero attached hydrogens (tertiary/aromatic N) is 3. The van der Waals surface area contributed by atoms with Gasteiger partial charge in [0.1, 0.15) is 18.2 Å². The van der Waals surface area contributed by atoms with E-state index in [1.807, 2.05) is 24.3 Å². The molecule has 0 atom stereocenters. The van der Waals surface area contributed by atoms with Crippen molar-refractivity contribution >= 4 is 40.3 Å².